The van der Waals surface area contributed by atoms with E-state index >= 15 is 0 Å². The Bertz CT molecular complexity index is 8260. The molecule has 8 aromatic heterocycles. The Morgan fingerprint density at radius 1 is 0.127 bits per heavy atom. The minimum atomic E-state index is -0.0806. The fourth-order valence-electron chi connectivity index (χ4n) is 21.0. The highest BCUT2D eigenvalue weighted by Gasteiger charge is 2.28. The average Bonchev–Trinajstić information content (AvgIpc) is 1.56. The van der Waals surface area contributed by atoms with E-state index in [9.17, 15) is 0 Å². The third kappa shape index (κ3) is 12.5. The summed E-state index contributed by atoms with van der Waals surface area (Å²) in [4.78, 5) is 0. The summed E-state index contributed by atoms with van der Waals surface area (Å²) in [6.45, 7) is 27.3. The summed E-state index contributed by atoms with van der Waals surface area (Å²) >= 11 is 0. The zero-order valence-electron chi connectivity index (χ0n) is 73.5. The van der Waals surface area contributed by atoms with E-state index in [1.54, 1.807) is 0 Å². The van der Waals surface area contributed by atoms with Gasteiger partial charge in [0.15, 0.2) is 0 Å². The van der Waals surface area contributed by atoms with Gasteiger partial charge in [-0.15, -0.1) is 0 Å². The van der Waals surface area contributed by atoms with Gasteiger partial charge in [0, 0.05) is 175 Å². The molecule has 0 saturated carbocycles. The lowest BCUT2D eigenvalue weighted by molar-refractivity contribution is 0.423. The van der Waals surface area contributed by atoms with Crippen molar-refractivity contribution in [2.24, 2.45) is 0 Å². The number of rotatable bonds is 5. The van der Waals surface area contributed by atoms with Gasteiger partial charge >= 0.3 is 0 Å². The van der Waals surface area contributed by atoms with Crippen molar-refractivity contribution < 1.29 is 0 Å². The van der Waals surface area contributed by atoms with Crippen molar-refractivity contribution in [1.29, 1.82) is 0 Å². The second-order valence-corrected chi connectivity index (χ2v) is 38.0. The number of para-hydroxylation sites is 12. The molecular weight excluding hydrogens is 1530 g/mol. The van der Waals surface area contributed by atoms with Crippen LogP contribution in [0.2, 0.25) is 0 Å². The predicted octanol–water partition coefficient (Wildman–Crippen LogP) is 32.3. The molecule has 0 aliphatic heterocycles. The van der Waals surface area contributed by atoms with Crippen LogP contribution in [0.25, 0.3) is 208 Å². The van der Waals surface area contributed by atoms with Gasteiger partial charge in [-0.25, -0.2) is 0 Å². The Kier molecular flexibility index (Phi) is 18.0. The lowest BCUT2D eigenvalue weighted by atomic mass is 10.0. The second-order valence-electron chi connectivity index (χ2n) is 38.0. The average molecular weight is 1630 g/mol. The predicted molar refractivity (Wildman–Crippen MR) is 541 cm³/mol. The number of benzene rings is 17. The first-order valence-electron chi connectivity index (χ1n) is 44.3. The molecule has 0 amide bonds. The van der Waals surface area contributed by atoms with Crippen molar-refractivity contribution >= 4 is 174 Å². The van der Waals surface area contributed by atoms with Crippen LogP contribution >= 0.6 is 0 Å². The quantitative estimate of drug-likeness (QED) is 0.165. The number of fused-ring (bicyclic) bond motifs is 24. The zero-order chi connectivity index (χ0) is 85.8. The Labute approximate surface area is 733 Å². The Morgan fingerprint density at radius 2 is 0.286 bits per heavy atom. The van der Waals surface area contributed by atoms with Crippen LogP contribution in [-0.4, -0.2) is 36.5 Å². The summed E-state index contributed by atoms with van der Waals surface area (Å²) in [5, 5.41) is 20.7. The third-order valence-electron chi connectivity index (χ3n) is 25.9. The summed E-state index contributed by atoms with van der Waals surface area (Å²) < 4.78 is 19.5. The topological polar surface area (TPSA) is 39.4 Å². The van der Waals surface area contributed by atoms with Gasteiger partial charge in [-0.05, 0) is 252 Å². The SMILES string of the molecule is CC(C)(C)n1c2ccc(-n3c4ccccc4c4ccccc43)cc2c2cc(-n3c4ccccc4c4ccccc43)ccc21.CC(C)(C)n1c2ccccc2c2cc(-c3ccc4c(c3)c3ccccc3n4-c3ccccc3)ccc21.CC(C)(C)n1c2ccccc2c2cc(-n3c4ccccc4c4ccccc43)ccc21.CC(C)(C)n1c2ccccc2c2ccccc21. The van der Waals surface area contributed by atoms with Gasteiger partial charge in [0.1, 0.15) is 0 Å². The van der Waals surface area contributed by atoms with Crippen molar-refractivity contribution in [3.05, 3.63) is 388 Å². The molecule has 0 bridgehead atoms. The maximum absolute atomic E-state index is 2.50. The Hall–Kier alpha value is -14.9. The second kappa shape index (κ2) is 29.4. The van der Waals surface area contributed by atoms with Crippen LogP contribution in [0, 0.1) is 0 Å². The van der Waals surface area contributed by atoms with E-state index in [0.29, 0.717) is 0 Å². The van der Waals surface area contributed by atoms with E-state index in [4.69, 9.17) is 0 Å². The number of aromatic nitrogens is 8. The molecule has 0 N–H and O–H groups in total. The molecule has 0 aliphatic rings. The van der Waals surface area contributed by atoms with Gasteiger partial charge in [0.2, 0.25) is 0 Å². The largest absolute Gasteiger partial charge is 0.335 e. The van der Waals surface area contributed by atoms with E-state index in [2.05, 4.69) is 508 Å². The first kappa shape index (κ1) is 77.2. The lowest BCUT2D eigenvalue weighted by Crippen LogP contribution is -2.21. The molecule has 0 unspecified atom stereocenters. The standard InChI is InChI=1S/C40H31N3.C34H28N2.C28H24N2.C16H17N/c1-40(2,3)43-38-22-20-26(41-34-16-8-4-12-28(34)29-13-5-9-17-35(29)41)24-32(38)33-25-27(21-23-39(33)43)42-36-18-10-6-14-30(36)31-15-7-11-19-37(31)42;1-34(2,3)36-32-16-10-8-14-27(32)29-22-24(18-20-33(29)36)23-17-19-31-28(21-23)26-13-7-9-15-30(26)35(31)25-11-5-4-6-12-25;1-28(2,3)30-26-15-9-6-12-22(26)23-18-19(16-17-27(23)30)29-24-13-7-4-10-20(24)21-11-5-8-14-25(21)29;1-16(2,3)17-14-10-6-4-8-12(14)13-9-5-7-11-15(13)17/h4-25H,1-3H3;4-22H,1-3H3;4-18H,1-3H3;4-11H,1-3H3. The lowest BCUT2D eigenvalue weighted by Gasteiger charge is -2.24. The van der Waals surface area contributed by atoms with E-state index in [0.717, 1.165) is 0 Å². The van der Waals surface area contributed by atoms with Crippen LogP contribution in [0.15, 0.2) is 388 Å². The highest BCUT2D eigenvalue weighted by molar-refractivity contribution is 6.17. The smallest absolute Gasteiger partial charge is 0.0541 e. The summed E-state index contributed by atoms with van der Waals surface area (Å²) in [6.07, 6.45) is 0. The molecule has 8 heteroatoms. The molecule has 0 fully saturated rings. The highest BCUT2D eigenvalue weighted by Crippen LogP contribution is 2.45. The highest BCUT2D eigenvalue weighted by atomic mass is 15.1. The molecule has 0 aliphatic carbocycles. The van der Waals surface area contributed by atoms with Gasteiger partial charge in [0.05, 0.1) is 44.1 Å². The normalized spacial score (nSPS) is 12.4. The Balaban J connectivity index is 0.000000104. The van der Waals surface area contributed by atoms with Gasteiger partial charge in [-0.2, -0.15) is 0 Å². The summed E-state index contributed by atoms with van der Waals surface area (Å²) in [5.74, 6) is 0. The third-order valence-corrected chi connectivity index (χ3v) is 25.9. The van der Waals surface area contributed by atoms with Crippen molar-refractivity contribution in [3.8, 4) is 33.9 Å². The molecule has 612 valence electrons. The van der Waals surface area contributed by atoms with Crippen molar-refractivity contribution in [3.63, 3.8) is 0 Å². The van der Waals surface area contributed by atoms with Crippen LogP contribution in [0.5, 0.6) is 0 Å². The van der Waals surface area contributed by atoms with Gasteiger partial charge in [-0.1, -0.05) is 231 Å². The summed E-state index contributed by atoms with van der Waals surface area (Å²) in [5.41, 5.74) is 27.5. The van der Waals surface area contributed by atoms with E-state index < -0.39 is 0 Å². The monoisotopic (exact) mass is 1630 g/mol. The van der Waals surface area contributed by atoms with Gasteiger partial charge < -0.3 is 36.5 Å². The fraction of sp³-hybridized carbons (Fsp3) is 0.136. The zero-order valence-corrected chi connectivity index (χ0v) is 73.5. The molecule has 0 saturated heterocycles. The number of hydrogen-bond acceptors (Lipinski definition) is 0. The van der Waals surface area contributed by atoms with E-state index in [1.165, 1.54) is 208 Å². The van der Waals surface area contributed by atoms with Crippen LogP contribution in [-0.2, 0) is 22.2 Å². The van der Waals surface area contributed by atoms with Gasteiger partial charge in [-0.3, -0.25) is 0 Å². The molecule has 126 heavy (non-hydrogen) atoms. The molecule has 25 aromatic rings. The van der Waals surface area contributed by atoms with Crippen molar-refractivity contribution in [2.45, 2.75) is 105 Å². The molecule has 8 nitrogen and oxygen atoms in total. The number of hydrogen-bond donors (Lipinski definition) is 0. The van der Waals surface area contributed by atoms with Crippen molar-refractivity contribution in [2.75, 3.05) is 0 Å². The molecule has 0 radical (unpaired) electrons. The maximum atomic E-state index is 2.50. The Morgan fingerprint density at radius 3 is 0.548 bits per heavy atom. The van der Waals surface area contributed by atoms with E-state index in [1.807, 2.05) is 0 Å². The molecule has 8 heterocycles. The summed E-state index contributed by atoms with van der Waals surface area (Å²) in [7, 11) is 0. The van der Waals surface area contributed by atoms with Crippen LogP contribution < -0.4 is 0 Å². The fourth-order valence-corrected chi connectivity index (χ4v) is 21.0. The minimum Gasteiger partial charge on any atom is -0.335 e. The minimum absolute atomic E-state index is 0.00104. The first-order chi connectivity index (χ1) is 61.1. The molecule has 0 spiro atoms. The first-order valence-corrected chi connectivity index (χ1v) is 44.3. The van der Waals surface area contributed by atoms with Gasteiger partial charge in [0.25, 0.3) is 0 Å². The van der Waals surface area contributed by atoms with Crippen molar-refractivity contribution in [1.82, 2.24) is 36.5 Å². The number of nitrogens with zero attached hydrogens (tertiary/aromatic N) is 8. The van der Waals surface area contributed by atoms with Crippen LogP contribution in [0.1, 0.15) is 83.1 Å². The molecule has 17 aromatic carbocycles. The molecule has 25 rings (SSSR count). The molecular formula is C118H100N8. The van der Waals surface area contributed by atoms with Crippen LogP contribution in [0.4, 0.5) is 0 Å². The maximum Gasteiger partial charge on any atom is 0.0541 e. The molecule has 0 atom stereocenters. The van der Waals surface area contributed by atoms with Crippen LogP contribution in [0.3, 0.4) is 0 Å². The van der Waals surface area contributed by atoms with E-state index in [-0.39, 0.29) is 22.2 Å². The summed E-state index contributed by atoms with van der Waals surface area (Å²) in [6, 6.07) is 141.